The number of fused-ring (bicyclic) bond motifs is 1. The highest BCUT2D eigenvalue weighted by Crippen LogP contribution is 2.34. The van der Waals surface area contributed by atoms with Gasteiger partial charge in [-0.3, -0.25) is 5.10 Å². The van der Waals surface area contributed by atoms with Crippen molar-refractivity contribution in [2.45, 2.75) is 18.8 Å². The number of nitrogens with zero attached hydrogens (tertiary/aromatic N) is 2. The number of aromatic amines is 1. The van der Waals surface area contributed by atoms with Crippen molar-refractivity contribution < 1.29 is 5.11 Å². The number of para-hydroxylation sites is 1. The SMILES string of the molecule is Cl.Oc1ccccc1-c1cc(C2CCCNC2)c2cn[nH]c2n1. The van der Waals surface area contributed by atoms with Crippen LogP contribution in [-0.4, -0.2) is 33.4 Å². The molecule has 3 N–H and O–H groups in total. The fourth-order valence-electron chi connectivity index (χ4n) is 3.24. The highest BCUT2D eigenvalue weighted by molar-refractivity contribution is 5.85. The highest BCUT2D eigenvalue weighted by atomic mass is 35.5. The molecule has 6 heteroatoms. The smallest absolute Gasteiger partial charge is 0.156 e. The standard InChI is InChI=1S/C17H18N4O.ClH/c22-16-6-2-1-5-12(16)15-8-13(11-4-3-7-18-9-11)14-10-19-21-17(14)20-15;/h1-2,5-6,8,10-11,18,22H,3-4,7,9H2,(H,19,20,21);1H. The molecule has 5 nitrogen and oxygen atoms in total. The van der Waals surface area contributed by atoms with Gasteiger partial charge in [0, 0.05) is 17.5 Å². The highest BCUT2D eigenvalue weighted by Gasteiger charge is 2.20. The first-order chi connectivity index (χ1) is 10.8. The molecule has 1 saturated heterocycles. The largest absolute Gasteiger partial charge is 0.507 e. The number of H-pyrrole nitrogens is 1. The van der Waals surface area contributed by atoms with Gasteiger partial charge in [-0.15, -0.1) is 12.4 Å². The van der Waals surface area contributed by atoms with E-state index in [-0.39, 0.29) is 18.2 Å². The van der Waals surface area contributed by atoms with E-state index in [1.807, 2.05) is 24.4 Å². The van der Waals surface area contributed by atoms with E-state index < -0.39 is 0 Å². The third-order valence-electron chi connectivity index (χ3n) is 4.37. The van der Waals surface area contributed by atoms with Crippen LogP contribution in [0.3, 0.4) is 0 Å². The van der Waals surface area contributed by atoms with Gasteiger partial charge in [0.15, 0.2) is 5.65 Å². The molecule has 3 heterocycles. The molecule has 1 aliphatic rings. The molecule has 1 aromatic carbocycles. The number of hydrogen-bond acceptors (Lipinski definition) is 4. The van der Waals surface area contributed by atoms with Gasteiger partial charge >= 0.3 is 0 Å². The second-order valence-corrected chi connectivity index (χ2v) is 5.79. The minimum atomic E-state index is 0. The number of nitrogens with one attached hydrogen (secondary N) is 2. The summed E-state index contributed by atoms with van der Waals surface area (Å²) < 4.78 is 0. The lowest BCUT2D eigenvalue weighted by Gasteiger charge is -2.24. The number of aromatic hydroxyl groups is 1. The van der Waals surface area contributed by atoms with Crippen LogP contribution in [0.1, 0.15) is 24.3 Å². The molecule has 0 amide bonds. The van der Waals surface area contributed by atoms with Crippen LogP contribution in [0, 0.1) is 0 Å². The first-order valence-corrected chi connectivity index (χ1v) is 7.66. The van der Waals surface area contributed by atoms with E-state index >= 15 is 0 Å². The van der Waals surface area contributed by atoms with Crippen molar-refractivity contribution >= 4 is 23.4 Å². The van der Waals surface area contributed by atoms with E-state index in [1.165, 1.54) is 12.0 Å². The quantitative estimate of drug-likeness (QED) is 0.674. The number of phenols is 1. The fraction of sp³-hybridized carbons (Fsp3) is 0.294. The van der Waals surface area contributed by atoms with Gasteiger partial charge in [0.2, 0.25) is 0 Å². The Hall–Kier alpha value is -2.11. The lowest BCUT2D eigenvalue weighted by atomic mass is 9.89. The Balaban J connectivity index is 0.00000156. The van der Waals surface area contributed by atoms with Gasteiger partial charge in [-0.05, 0) is 49.1 Å². The maximum Gasteiger partial charge on any atom is 0.156 e. The Morgan fingerprint density at radius 3 is 2.87 bits per heavy atom. The molecule has 1 fully saturated rings. The zero-order valence-electron chi connectivity index (χ0n) is 12.6. The molecule has 3 aromatic rings. The predicted octanol–water partition coefficient (Wildman–Crippen LogP) is 3.22. The number of halogens is 1. The molecule has 0 spiro atoms. The van der Waals surface area contributed by atoms with Gasteiger partial charge in [0.25, 0.3) is 0 Å². The van der Waals surface area contributed by atoms with Crippen LogP contribution in [0.5, 0.6) is 5.75 Å². The van der Waals surface area contributed by atoms with E-state index in [2.05, 4.69) is 26.6 Å². The predicted molar refractivity (Wildman–Crippen MR) is 93.1 cm³/mol. The molecule has 120 valence electrons. The fourth-order valence-corrected chi connectivity index (χ4v) is 3.24. The van der Waals surface area contributed by atoms with Gasteiger partial charge in [-0.2, -0.15) is 5.10 Å². The summed E-state index contributed by atoms with van der Waals surface area (Å²) in [6.07, 6.45) is 4.19. The number of rotatable bonds is 2. The molecule has 2 aromatic heterocycles. The van der Waals surface area contributed by atoms with Crippen molar-refractivity contribution in [1.29, 1.82) is 0 Å². The maximum absolute atomic E-state index is 10.1. The number of hydrogen-bond donors (Lipinski definition) is 3. The summed E-state index contributed by atoms with van der Waals surface area (Å²) in [6.45, 7) is 2.06. The second kappa shape index (κ2) is 6.56. The van der Waals surface area contributed by atoms with Crippen molar-refractivity contribution in [3.63, 3.8) is 0 Å². The first-order valence-electron chi connectivity index (χ1n) is 7.66. The van der Waals surface area contributed by atoms with Crippen LogP contribution in [0.25, 0.3) is 22.3 Å². The number of phenolic OH excluding ortho intramolecular Hbond substituents is 1. The van der Waals surface area contributed by atoms with E-state index in [4.69, 9.17) is 0 Å². The Morgan fingerprint density at radius 1 is 1.22 bits per heavy atom. The third-order valence-corrected chi connectivity index (χ3v) is 4.37. The van der Waals surface area contributed by atoms with Crippen LogP contribution in [-0.2, 0) is 0 Å². The normalized spacial score (nSPS) is 17.8. The minimum absolute atomic E-state index is 0. The molecule has 0 saturated carbocycles. The second-order valence-electron chi connectivity index (χ2n) is 5.79. The number of piperidine rings is 1. The summed E-state index contributed by atoms with van der Waals surface area (Å²) >= 11 is 0. The summed E-state index contributed by atoms with van der Waals surface area (Å²) in [6, 6.07) is 9.42. The summed E-state index contributed by atoms with van der Waals surface area (Å²) in [5.41, 5.74) is 3.57. The van der Waals surface area contributed by atoms with Gasteiger partial charge < -0.3 is 10.4 Å². The van der Waals surface area contributed by atoms with Crippen molar-refractivity contribution in [3.8, 4) is 17.0 Å². The Bertz CT molecular complexity index is 811. The van der Waals surface area contributed by atoms with Crippen molar-refractivity contribution in [2.75, 3.05) is 13.1 Å². The average molecular weight is 331 g/mol. The van der Waals surface area contributed by atoms with Crippen LogP contribution >= 0.6 is 12.4 Å². The Labute approximate surface area is 140 Å². The first kappa shape index (κ1) is 15.8. The van der Waals surface area contributed by atoms with Gasteiger partial charge in [0.05, 0.1) is 11.9 Å². The van der Waals surface area contributed by atoms with Crippen molar-refractivity contribution in [3.05, 3.63) is 42.1 Å². The average Bonchev–Trinajstić information content (AvgIpc) is 3.03. The molecule has 0 bridgehead atoms. The van der Waals surface area contributed by atoms with E-state index in [0.29, 0.717) is 5.92 Å². The van der Waals surface area contributed by atoms with Crippen molar-refractivity contribution in [1.82, 2.24) is 20.5 Å². The summed E-state index contributed by atoms with van der Waals surface area (Å²) in [4.78, 5) is 4.62. The molecular weight excluding hydrogens is 312 g/mol. The van der Waals surface area contributed by atoms with Crippen molar-refractivity contribution in [2.24, 2.45) is 0 Å². The molecular formula is C17H19ClN4O. The number of aromatic nitrogens is 3. The van der Waals surface area contributed by atoms with E-state index in [0.717, 1.165) is 41.8 Å². The number of pyridine rings is 1. The maximum atomic E-state index is 10.1. The lowest BCUT2D eigenvalue weighted by molar-refractivity contribution is 0.463. The van der Waals surface area contributed by atoms with Gasteiger partial charge in [-0.25, -0.2) is 4.98 Å². The monoisotopic (exact) mass is 330 g/mol. The molecule has 23 heavy (non-hydrogen) atoms. The summed E-state index contributed by atoms with van der Waals surface area (Å²) in [5.74, 6) is 0.711. The molecule has 1 aliphatic heterocycles. The summed E-state index contributed by atoms with van der Waals surface area (Å²) in [5, 5.41) is 21.8. The van der Waals surface area contributed by atoms with Crippen LogP contribution in [0.4, 0.5) is 0 Å². The third kappa shape index (κ3) is 2.90. The molecule has 1 atom stereocenters. The zero-order valence-corrected chi connectivity index (χ0v) is 13.4. The Morgan fingerprint density at radius 2 is 2.09 bits per heavy atom. The van der Waals surface area contributed by atoms with Gasteiger partial charge in [-0.1, -0.05) is 12.1 Å². The van der Waals surface area contributed by atoms with Gasteiger partial charge in [0.1, 0.15) is 5.75 Å². The summed E-state index contributed by atoms with van der Waals surface area (Å²) in [7, 11) is 0. The van der Waals surface area contributed by atoms with Crippen LogP contribution in [0.15, 0.2) is 36.5 Å². The minimum Gasteiger partial charge on any atom is -0.507 e. The van der Waals surface area contributed by atoms with E-state index in [1.54, 1.807) is 6.07 Å². The van der Waals surface area contributed by atoms with E-state index in [9.17, 15) is 5.11 Å². The van der Waals surface area contributed by atoms with Crippen LogP contribution < -0.4 is 5.32 Å². The topological polar surface area (TPSA) is 73.8 Å². The molecule has 1 unspecified atom stereocenters. The Kier molecular flexibility index (Phi) is 4.50. The lowest BCUT2D eigenvalue weighted by Crippen LogP contribution is -2.28. The molecule has 4 rings (SSSR count). The van der Waals surface area contributed by atoms with Crippen LogP contribution in [0.2, 0.25) is 0 Å². The molecule has 0 aliphatic carbocycles. The zero-order chi connectivity index (χ0) is 14.9. The number of benzene rings is 1. The molecule has 0 radical (unpaired) electrons.